The normalized spacial score (nSPS) is 12.3. The molecule has 99 heavy (non-hydrogen) atoms. The summed E-state index contributed by atoms with van der Waals surface area (Å²) < 4.78 is 34.1. The van der Waals surface area contributed by atoms with Crippen LogP contribution < -0.4 is 0 Å². The average Bonchev–Trinajstić information content (AvgIpc) is 0.874. The molecule has 0 bridgehead atoms. The van der Waals surface area contributed by atoms with E-state index in [1.54, 1.807) is 14.1 Å². The molecule has 0 fully saturated rings. The van der Waals surface area contributed by atoms with Gasteiger partial charge in [0.25, 0.3) is 0 Å². The fourth-order valence-corrected chi connectivity index (χ4v) is 12.8. The van der Waals surface area contributed by atoms with Gasteiger partial charge in [0.15, 0.2) is 27.2 Å². The molecule has 0 aliphatic rings. The maximum absolute atomic E-state index is 12.6. The van der Waals surface area contributed by atoms with Crippen LogP contribution in [0.4, 0.5) is 0 Å². The first-order valence-corrected chi connectivity index (χ1v) is 43.7. The first-order chi connectivity index (χ1) is 47.7. The van der Waals surface area contributed by atoms with Crippen LogP contribution in [0.15, 0.2) is 0 Å². The van der Waals surface area contributed by atoms with E-state index in [-0.39, 0.29) is 37.0 Å². The molecule has 592 valence electrons. The van der Waals surface area contributed by atoms with Gasteiger partial charge in [-0.25, -0.2) is 38.5 Å². The summed E-state index contributed by atoms with van der Waals surface area (Å²) in [5.41, 5.74) is 0. The van der Waals surface area contributed by atoms with Crippen LogP contribution in [0.5, 0.6) is 0 Å². The van der Waals surface area contributed by atoms with E-state index in [0.717, 1.165) is 77.0 Å². The molecular weight excluding hydrogens is 1270 g/mol. The summed E-state index contributed by atoms with van der Waals surface area (Å²) in [5.74, 6) is -1.48. The van der Waals surface area contributed by atoms with Crippen molar-refractivity contribution in [2.24, 2.45) is 0 Å². The summed E-state index contributed by atoms with van der Waals surface area (Å²) in [4.78, 5) is 71.8. The Morgan fingerprint density at radius 2 is 0.374 bits per heavy atom. The summed E-state index contributed by atoms with van der Waals surface area (Å²) in [7, 11) is -2.04. The van der Waals surface area contributed by atoms with Crippen molar-refractivity contribution in [1.82, 2.24) is 0 Å². The first kappa shape index (κ1) is 101. The van der Waals surface area contributed by atoms with Gasteiger partial charge in [-0.2, -0.15) is 0 Å². The molecule has 0 saturated carbocycles. The van der Waals surface area contributed by atoms with Gasteiger partial charge in [-0.15, -0.1) is 0 Å². The molecule has 0 aromatic rings. The highest BCUT2D eigenvalue weighted by atomic mass is 32.3. The third-order valence-corrected chi connectivity index (χ3v) is 19.1. The Labute approximate surface area is 611 Å². The lowest BCUT2D eigenvalue weighted by Crippen LogP contribution is -2.51. The highest BCUT2D eigenvalue weighted by Gasteiger charge is 2.37. The lowest BCUT2D eigenvalue weighted by Gasteiger charge is -2.28. The van der Waals surface area contributed by atoms with Crippen molar-refractivity contribution in [2.75, 3.05) is 27.2 Å². The van der Waals surface area contributed by atoms with E-state index in [9.17, 15) is 29.4 Å². The topological polar surface area (TPSA) is 226 Å². The number of carbonyl (C=O) groups is 4. The molecular formula is C82H164N2O14S. The number of likely N-dealkylation sites (N-methyl/N-ethyl adjacent to an activating group) is 2. The number of hydroxylamine groups is 8. The fourth-order valence-electron chi connectivity index (χ4n) is 12.8. The number of carbonyl (C=O) groups excluding carboxylic acids is 4. The fraction of sp³-hybridized carbons (Fsp3) is 0.951. The molecule has 0 rings (SSSR count). The number of quaternary nitrogens is 2. The monoisotopic (exact) mass is 1430 g/mol. The number of aliphatic hydroxyl groups is 2. The van der Waals surface area contributed by atoms with Crippen molar-refractivity contribution >= 4 is 34.3 Å². The van der Waals surface area contributed by atoms with Crippen molar-refractivity contribution in [1.29, 1.82) is 0 Å². The number of hydrogen-bond acceptors (Lipinski definition) is 14. The predicted molar refractivity (Wildman–Crippen MR) is 408 cm³/mol. The summed E-state index contributed by atoms with van der Waals surface area (Å²) in [6, 6.07) is 0. The molecule has 2 N–H and O–H groups in total. The van der Waals surface area contributed by atoms with Crippen molar-refractivity contribution < 1.29 is 75.9 Å². The maximum Gasteiger partial charge on any atom is 0.372 e. The van der Waals surface area contributed by atoms with Crippen LogP contribution in [0.2, 0.25) is 0 Å². The van der Waals surface area contributed by atoms with E-state index in [1.165, 1.54) is 308 Å². The lowest BCUT2D eigenvalue weighted by molar-refractivity contribution is -1.21. The van der Waals surface area contributed by atoms with E-state index in [0.29, 0.717) is 38.5 Å². The average molecular weight is 1430 g/mol. The number of unbranched alkanes of at least 4 members (excludes halogenated alkanes) is 56. The van der Waals surface area contributed by atoms with Crippen LogP contribution in [0.1, 0.15) is 465 Å². The Morgan fingerprint density at radius 1 is 0.263 bits per heavy atom. The lowest BCUT2D eigenvalue weighted by atomic mass is 10.0. The molecule has 2 atom stereocenters. The zero-order valence-electron chi connectivity index (χ0n) is 66.3. The molecule has 2 unspecified atom stereocenters. The molecule has 0 radical (unpaired) electrons. The minimum absolute atomic E-state index is 0.0473. The summed E-state index contributed by atoms with van der Waals surface area (Å²) in [5, 5.41) is 20.5. The summed E-state index contributed by atoms with van der Waals surface area (Å²) in [6.07, 6.45) is 77.5. The zero-order valence-corrected chi connectivity index (χ0v) is 67.2. The second kappa shape index (κ2) is 76.7. The maximum atomic E-state index is 12.6. The van der Waals surface area contributed by atoms with E-state index < -0.39 is 32.2 Å². The van der Waals surface area contributed by atoms with Crippen LogP contribution in [0, 0.1) is 0 Å². The molecule has 0 spiro atoms. The zero-order chi connectivity index (χ0) is 73.9. The van der Waals surface area contributed by atoms with Gasteiger partial charge in [-0.3, -0.25) is 8.42 Å². The van der Waals surface area contributed by atoms with Crippen LogP contribution in [0.3, 0.4) is 0 Å². The number of nitrogens with zero attached hydrogens (tertiary/aromatic N) is 2. The molecule has 16 nitrogen and oxygen atoms in total. The highest BCUT2D eigenvalue weighted by Crippen LogP contribution is 2.22. The van der Waals surface area contributed by atoms with Gasteiger partial charge in [-0.05, 0) is 38.5 Å². The van der Waals surface area contributed by atoms with Gasteiger partial charge in [0.2, 0.25) is 0 Å². The van der Waals surface area contributed by atoms with Crippen LogP contribution >= 0.6 is 0 Å². The Bertz CT molecular complexity index is 1620. The predicted octanol–water partition coefficient (Wildman–Crippen LogP) is 23.9. The SMILES string of the molecule is CCCCCCCCCCCCCCCCCC(=O)O[N+](C)(CC(O)CC)OC(=O)CCCCCCCCCCCCCCCCC.CCCCCCCCCCCCCCCCCC(=O)O[N+](C)(CC(O)CC)OC(=O)CCCCCCCCCCCCCCCCC.O=S(=O)([O-])[O-]. The van der Waals surface area contributed by atoms with Gasteiger partial charge in [0.1, 0.15) is 12.2 Å². The molecule has 0 heterocycles. The highest BCUT2D eigenvalue weighted by molar-refractivity contribution is 7.79. The molecule has 0 aromatic heterocycles. The van der Waals surface area contributed by atoms with E-state index in [2.05, 4.69) is 27.7 Å². The number of hydrogen-bond donors (Lipinski definition) is 2. The van der Waals surface area contributed by atoms with Crippen molar-refractivity contribution in [2.45, 2.75) is 478 Å². The Kier molecular flexibility index (Phi) is 78.1. The molecule has 17 heteroatoms. The Hall–Kier alpha value is -2.41. The van der Waals surface area contributed by atoms with Crippen LogP contribution in [-0.2, 0) is 48.9 Å². The quantitative estimate of drug-likeness (QED) is 0.0190. The van der Waals surface area contributed by atoms with Gasteiger partial charge < -0.3 is 19.3 Å². The molecule has 0 aliphatic heterocycles. The van der Waals surface area contributed by atoms with Crippen molar-refractivity contribution in [3.63, 3.8) is 0 Å². The summed E-state index contributed by atoms with van der Waals surface area (Å²) >= 11 is 0. The van der Waals surface area contributed by atoms with Crippen molar-refractivity contribution in [3.05, 3.63) is 0 Å². The molecule has 0 saturated heterocycles. The van der Waals surface area contributed by atoms with E-state index in [4.69, 9.17) is 36.9 Å². The Balaban J connectivity index is -0.00000174. The second-order valence-electron chi connectivity index (χ2n) is 29.6. The van der Waals surface area contributed by atoms with E-state index in [1.807, 2.05) is 13.8 Å². The van der Waals surface area contributed by atoms with Crippen molar-refractivity contribution in [3.8, 4) is 0 Å². The smallest absolute Gasteiger partial charge is 0.372 e. The molecule has 0 amide bonds. The molecule has 0 aliphatic carbocycles. The van der Waals surface area contributed by atoms with Gasteiger partial charge in [0.05, 0.1) is 25.7 Å². The number of rotatable bonds is 74. The standard InChI is InChI=1S/2C41H82NO5.H2O4S/c2*1-5-8-10-12-14-16-18-20-22-24-26-28-30-32-34-36-40(44)46-42(4,38-39(43)7-3)47-41(45)37-35-33-31-29-27-25-23-21-19-17-15-13-11-9-6-2;1-5(2,3)4/h2*39,43H,5-38H2,1-4H3;(H2,1,2,3,4)/q2*+1;/p-2. The minimum Gasteiger partial charge on any atom is -0.759 e. The van der Waals surface area contributed by atoms with E-state index >= 15 is 0 Å². The Morgan fingerprint density at radius 3 is 0.485 bits per heavy atom. The third kappa shape index (κ3) is 84.4. The van der Waals surface area contributed by atoms with Gasteiger partial charge in [-0.1, -0.05) is 401 Å². The van der Waals surface area contributed by atoms with Gasteiger partial charge in [0, 0.05) is 20.0 Å². The minimum atomic E-state index is -5.17. The second-order valence-corrected chi connectivity index (χ2v) is 30.4. The first-order valence-electron chi connectivity index (χ1n) is 42.4. The van der Waals surface area contributed by atoms with Crippen LogP contribution in [0.25, 0.3) is 0 Å². The molecule has 0 aromatic carbocycles. The number of aliphatic hydroxyl groups excluding tert-OH is 2. The van der Waals surface area contributed by atoms with Crippen LogP contribution in [-0.4, -0.2) is 101 Å². The summed E-state index contributed by atoms with van der Waals surface area (Å²) in [6.45, 7) is 12.9. The largest absolute Gasteiger partial charge is 0.759 e. The third-order valence-electron chi connectivity index (χ3n) is 19.1. The van der Waals surface area contributed by atoms with Gasteiger partial charge >= 0.3 is 23.9 Å².